The molecule has 0 fully saturated rings. The van der Waals surface area contributed by atoms with Crippen LogP contribution in [-0.2, 0) is 0 Å². The zero-order valence-corrected chi connectivity index (χ0v) is 8.53. The van der Waals surface area contributed by atoms with Crippen molar-refractivity contribution in [2.24, 2.45) is 0 Å². The van der Waals surface area contributed by atoms with E-state index in [1.54, 1.807) is 31.4 Å². The summed E-state index contributed by atoms with van der Waals surface area (Å²) in [7, 11) is 1.56. The van der Waals surface area contributed by atoms with Gasteiger partial charge in [0.1, 0.15) is 0 Å². The number of hydrogen-bond donors (Lipinski definition) is 0. The molecule has 0 N–H and O–H groups in total. The molecule has 3 nitrogen and oxygen atoms in total. The summed E-state index contributed by atoms with van der Waals surface area (Å²) >= 11 is 0. The Balaban J connectivity index is 2.39. The maximum atomic E-state index is 11.8. The molecular weight excluding hydrogens is 192 g/mol. The third-order valence-corrected chi connectivity index (χ3v) is 2.40. The SMILES string of the molecule is C=CCC1Oc2c(OC)cccc2C1=O. The predicted molar refractivity (Wildman–Crippen MR) is 56.6 cm³/mol. The number of methoxy groups -OCH3 is 1. The molecule has 15 heavy (non-hydrogen) atoms. The molecule has 0 saturated heterocycles. The predicted octanol–water partition coefficient (Wildman–Crippen LogP) is 2.21. The van der Waals surface area contributed by atoms with E-state index in [0.29, 0.717) is 23.5 Å². The van der Waals surface area contributed by atoms with Gasteiger partial charge in [-0.15, -0.1) is 6.58 Å². The van der Waals surface area contributed by atoms with Gasteiger partial charge < -0.3 is 9.47 Å². The third-order valence-electron chi connectivity index (χ3n) is 2.40. The summed E-state index contributed by atoms with van der Waals surface area (Å²) < 4.78 is 10.7. The lowest BCUT2D eigenvalue weighted by atomic mass is 10.1. The highest BCUT2D eigenvalue weighted by Crippen LogP contribution is 2.38. The number of carbonyl (C=O) groups is 1. The molecule has 0 spiro atoms. The monoisotopic (exact) mass is 204 g/mol. The number of Topliss-reactive ketones (excluding diaryl/α,β-unsaturated/α-hetero) is 1. The van der Waals surface area contributed by atoms with Gasteiger partial charge in [0.05, 0.1) is 12.7 Å². The van der Waals surface area contributed by atoms with Gasteiger partial charge in [0.15, 0.2) is 17.6 Å². The summed E-state index contributed by atoms with van der Waals surface area (Å²) in [5.74, 6) is 1.16. The fourth-order valence-corrected chi connectivity index (χ4v) is 1.67. The van der Waals surface area contributed by atoms with Gasteiger partial charge in [-0.1, -0.05) is 12.1 Å². The molecule has 1 aliphatic heterocycles. The Kier molecular flexibility index (Phi) is 2.46. The highest BCUT2D eigenvalue weighted by molar-refractivity contribution is 6.05. The Labute approximate surface area is 88.3 Å². The van der Waals surface area contributed by atoms with Crippen molar-refractivity contribution in [2.75, 3.05) is 7.11 Å². The quantitative estimate of drug-likeness (QED) is 0.708. The van der Waals surface area contributed by atoms with E-state index in [-0.39, 0.29) is 5.78 Å². The van der Waals surface area contributed by atoms with Crippen molar-refractivity contribution in [1.82, 2.24) is 0 Å². The number of para-hydroxylation sites is 1. The first-order chi connectivity index (χ1) is 7.27. The second-order valence-electron chi connectivity index (χ2n) is 3.33. The average Bonchev–Trinajstić information content (AvgIpc) is 2.57. The zero-order chi connectivity index (χ0) is 10.8. The molecule has 1 aliphatic rings. The Hall–Kier alpha value is -1.77. The topological polar surface area (TPSA) is 35.5 Å². The van der Waals surface area contributed by atoms with E-state index < -0.39 is 6.10 Å². The molecule has 2 rings (SSSR count). The molecule has 1 aromatic carbocycles. The minimum Gasteiger partial charge on any atom is -0.493 e. The largest absolute Gasteiger partial charge is 0.493 e. The molecule has 0 aliphatic carbocycles. The van der Waals surface area contributed by atoms with Crippen molar-refractivity contribution in [2.45, 2.75) is 12.5 Å². The molecule has 0 saturated carbocycles. The summed E-state index contributed by atoms with van der Waals surface area (Å²) in [4.78, 5) is 11.8. The first-order valence-corrected chi connectivity index (χ1v) is 4.76. The first-order valence-electron chi connectivity index (χ1n) is 4.76. The van der Waals surface area contributed by atoms with Crippen LogP contribution in [-0.4, -0.2) is 19.0 Å². The van der Waals surface area contributed by atoms with Gasteiger partial charge in [-0.05, 0) is 12.1 Å². The molecule has 0 radical (unpaired) electrons. The van der Waals surface area contributed by atoms with E-state index in [4.69, 9.17) is 9.47 Å². The van der Waals surface area contributed by atoms with E-state index in [1.807, 2.05) is 0 Å². The lowest BCUT2D eigenvalue weighted by Gasteiger charge is -2.08. The number of ketones is 1. The van der Waals surface area contributed by atoms with Gasteiger partial charge in [-0.25, -0.2) is 0 Å². The Morgan fingerprint density at radius 1 is 1.60 bits per heavy atom. The van der Waals surface area contributed by atoms with Gasteiger partial charge in [0.25, 0.3) is 0 Å². The van der Waals surface area contributed by atoms with Crippen molar-refractivity contribution < 1.29 is 14.3 Å². The number of rotatable bonds is 3. The number of fused-ring (bicyclic) bond motifs is 1. The summed E-state index contributed by atoms with van der Waals surface area (Å²) in [6.45, 7) is 3.60. The van der Waals surface area contributed by atoms with Gasteiger partial charge in [-0.2, -0.15) is 0 Å². The van der Waals surface area contributed by atoms with Crippen LogP contribution >= 0.6 is 0 Å². The molecule has 1 atom stereocenters. The van der Waals surface area contributed by atoms with Crippen LogP contribution in [0, 0.1) is 0 Å². The minimum absolute atomic E-state index is 0.00352. The molecule has 1 unspecified atom stereocenters. The number of ether oxygens (including phenoxy) is 2. The van der Waals surface area contributed by atoms with E-state index >= 15 is 0 Å². The van der Waals surface area contributed by atoms with Gasteiger partial charge in [-0.3, -0.25) is 4.79 Å². The fraction of sp³-hybridized carbons (Fsp3) is 0.250. The lowest BCUT2D eigenvalue weighted by Crippen LogP contribution is -2.19. The first kappa shape index (κ1) is 9.77. The highest BCUT2D eigenvalue weighted by atomic mass is 16.5. The van der Waals surface area contributed by atoms with Crippen LogP contribution in [0.3, 0.4) is 0 Å². The second kappa shape index (κ2) is 3.77. The van der Waals surface area contributed by atoms with Crippen LogP contribution in [0.5, 0.6) is 11.5 Å². The van der Waals surface area contributed by atoms with E-state index in [1.165, 1.54) is 0 Å². The number of benzene rings is 1. The summed E-state index contributed by atoms with van der Waals surface area (Å²) in [6, 6.07) is 5.32. The Morgan fingerprint density at radius 2 is 2.40 bits per heavy atom. The maximum Gasteiger partial charge on any atom is 0.207 e. The Morgan fingerprint density at radius 3 is 3.07 bits per heavy atom. The molecule has 0 amide bonds. The van der Waals surface area contributed by atoms with Crippen LogP contribution in [0.15, 0.2) is 30.9 Å². The number of carbonyl (C=O) groups excluding carboxylic acids is 1. The standard InChI is InChI=1S/C12H12O3/c1-3-5-9-11(13)8-6-4-7-10(14-2)12(8)15-9/h3-4,6-7,9H,1,5H2,2H3. The molecule has 1 aromatic rings. The van der Waals surface area contributed by atoms with Gasteiger partial charge >= 0.3 is 0 Å². The van der Waals surface area contributed by atoms with Crippen LogP contribution in [0.25, 0.3) is 0 Å². The van der Waals surface area contributed by atoms with Crippen molar-refractivity contribution in [3.8, 4) is 11.5 Å². The third kappa shape index (κ3) is 1.50. The number of hydrogen-bond acceptors (Lipinski definition) is 3. The van der Waals surface area contributed by atoms with Crippen LogP contribution in [0.2, 0.25) is 0 Å². The van der Waals surface area contributed by atoms with Crippen molar-refractivity contribution in [3.05, 3.63) is 36.4 Å². The van der Waals surface area contributed by atoms with E-state index in [0.717, 1.165) is 0 Å². The normalized spacial score (nSPS) is 18.2. The lowest BCUT2D eigenvalue weighted by molar-refractivity contribution is 0.0859. The van der Waals surface area contributed by atoms with E-state index in [9.17, 15) is 4.79 Å². The van der Waals surface area contributed by atoms with Crippen LogP contribution in [0.1, 0.15) is 16.8 Å². The van der Waals surface area contributed by atoms with E-state index in [2.05, 4.69) is 6.58 Å². The highest BCUT2D eigenvalue weighted by Gasteiger charge is 2.33. The van der Waals surface area contributed by atoms with Crippen molar-refractivity contribution >= 4 is 5.78 Å². The summed E-state index contributed by atoms with van der Waals surface area (Å²) in [6.07, 6.45) is 1.77. The average molecular weight is 204 g/mol. The van der Waals surface area contributed by atoms with Gasteiger partial charge in [0, 0.05) is 6.42 Å². The minimum atomic E-state index is -0.436. The molecule has 1 heterocycles. The molecule has 0 bridgehead atoms. The smallest absolute Gasteiger partial charge is 0.207 e. The molecule has 0 aromatic heterocycles. The molecule has 78 valence electrons. The van der Waals surface area contributed by atoms with Crippen molar-refractivity contribution in [3.63, 3.8) is 0 Å². The fourth-order valence-electron chi connectivity index (χ4n) is 1.67. The Bertz CT molecular complexity index is 409. The van der Waals surface area contributed by atoms with Crippen LogP contribution in [0.4, 0.5) is 0 Å². The zero-order valence-electron chi connectivity index (χ0n) is 8.53. The van der Waals surface area contributed by atoms with Gasteiger partial charge in [0.2, 0.25) is 5.78 Å². The maximum absolute atomic E-state index is 11.8. The van der Waals surface area contributed by atoms with Crippen LogP contribution < -0.4 is 9.47 Å². The summed E-state index contributed by atoms with van der Waals surface area (Å²) in [5, 5.41) is 0. The van der Waals surface area contributed by atoms with Crippen molar-refractivity contribution in [1.29, 1.82) is 0 Å². The molecular formula is C12H12O3. The second-order valence-corrected chi connectivity index (χ2v) is 3.33. The molecule has 3 heteroatoms. The summed E-state index contributed by atoms with van der Waals surface area (Å²) in [5.41, 5.74) is 0.598.